The number of aromatic nitrogens is 2. The van der Waals surface area contributed by atoms with Gasteiger partial charge in [-0.15, -0.1) is 0 Å². The minimum atomic E-state index is -0.0409. The Hall–Kier alpha value is -2.73. The van der Waals surface area contributed by atoms with Crippen LogP contribution in [0.3, 0.4) is 0 Å². The number of fused-ring (bicyclic) bond motifs is 1. The van der Waals surface area contributed by atoms with E-state index in [1.54, 1.807) is 0 Å². The van der Waals surface area contributed by atoms with Crippen molar-refractivity contribution in [1.29, 1.82) is 0 Å². The molecule has 0 aliphatic heterocycles. The summed E-state index contributed by atoms with van der Waals surface area (Å²) in [7, 11) is 0. The second kappa shape index (κ2) is 15.5. The highest BCUT2D eigenvalue weighted by Crippen LogP contribution is 2.32. The maximum Gasteiger partial charge on any atom is 0.251 e. The van der Waals surface area contributed by atoms with Crippen LogP contribution < -0.4 is 5.32 Å². The molecule has 2 fully saturated rings. The van der Waals surface area contributed by atoms with Gasteiger partial charge < -0.3 is 10.1 Å². The van der Waals surface area contributed by atoms with Crippen LogP contribution in [0.15, 0.2) is 42.1 Å². The maximum absolute atomic E-state index is 13.4. The molecule has 0 spiro atoms. The Kier molecular flexibility index (Phi) is 11.5. The summed E-state index contributed by atoms with van der Waals surface area (Å²) in [4.78, 5) is 26.5. The topological polar surface area (TPSA) is 73.2 Å². The van der Waals surface area contributed by atoms with Crippen LogP contribution in [0.1, 0.15) is 114 Å². The molecular weight excluding hydrogens is 546 g/mol. The Morgan fingerprint density at radius 3 is 2.52 bits per heavy atom. The number of Topliss-reactive ketones (excluding diaryl/α,β-unsaturated/α-hetero) is 1. The molecule has 6 nitrogen and oxygen atoms in total. The smallest absolute Gasteiger partial charge is 0.251 e. The molecule has 2 saturated carbocycles. The molecule has 1 amide bonds. The van der Waals surface area contributed by atoms with E-state index in [0.717, 1.165) is 92.5 Å². The standard InChI is InChI=1S/C38H55N3O3/c1-5-26(3)30-16-18-32(19-17-30)37(42)31-12-8-7-10-28(11-9-13-31)23-41-24-35-27(4)34(20-21-36(35)40-41)38(43)39-22-33(6-2)44-25-29-14-15-29/h16,18-21,24,26,28-31,33H,5-15,17,22-23,25H2,1-4H3,(H,39,43). The molecule has 1 heterocycles. The van der Waals surface area contributed by atoms with Crippen molar-refractivity contribution in [2.45, 2.75) is 117 Å². The summed E-state index contributed by atoms with van der Waals surface area (Å²) in [5.41, 5.74) is 3.58. The third-order valence-electron chi connectivity index (χ3n) is 10.6. The minimum absolute atomic E-state index is 0.0409. The normalized spacial score (nSPS) is 24.2. The Morgan fingerprint density at radius 2 is 1.80 bits per heavy atom. The van der Waals surface area contributed by atoms with E-state index in [4.69, 9.17) is 9.84 Å². The summed E-state index contributed by atoms with van der Waals surface area (Å²) >= 11 is 0. The number of carbonyl (C=O) groups is 2. The summed E-state index contributed by atoms with van der Waals surface area (Å²) in [5, 5.41) is 9.06. The highest BCUT2D eigenvalue weighted by molar-refractivity contribution is 6.01. The quantitative estimate of drug-likeness (QED) is 0.250. The molecule has 0 saturated heterocycles. The molecule has 3 aliphatic rings. The average molecular weight is 602 g/mol. The van der Waals surface area contributed by atoms with Gasteiger partial charge in [-0.1, -0.05) is 64.7 Å². The first-order chi connectivity index (χ1) is 21.4. The number of hydrogen-bond acceptors (Lipinski definition) is 4. The zero-order valence-electron chi connectivity index (χ0n) is 27.7. The van der Waals surface area contributed by atoms with Crippen LogP contribution in [-0.4, -0.2) is 40.7 Å². The molecular formula is C38H55N3O3. The van der Waals surface area contributed by atoms with Crippen molar-refractivity contribution in [3.63, 3.8) is 0 Å². The number of hydrogen-bond donors (Lipinski definition) is 1. The number of amides is 1. The van der Waals surface area contributed by atoms with Gasteiger partial charge in [0.25, 0.3) is 5.91 Å². The largest absolute Gasteiger partial charge is 0.376 e. The molecule has 2 aromatic rings. The van der Waals surface area contributed by atoms with Crippen molar-refractivity contribution in [3.05, 3.63) is 53.3 Å². The van der Waals surface area contributed by atoms with Crippen molar-refractivity contribution in [2.75, 3.05) is 13.2 Å². The van der Waals surface area contributed by atoms with Gasteiger partial charge in [0.1, 0.15) is 0 Å². The van der Waals surface area contributed by atoms with Crippen molar-refractivity contribution < 1.29 is 14.3 Å². The maximum atomic E-state index is 13.4. The second-order valence-corrected chi connectivity index (χ2v) is 14.0. The number of rotatable bonds is 13. The molecule has 5 atom stereocenters. The van der Waals surface area contributed by atoms with E-state index in [0.29, 0.717) is 35.6 Å². The summed E-state index contributed by atoms with van der Waals surface area (Å²) in [5.74, 6) is 2.99. The van der Waals surface area contributed by atoms with Crippen molar-refractivity contribution in [3.8, 4) is 0 Å². The Morgan fingerprint density at radius 1 is 1.02 bits per heavy atom. The van der Waals surface area contributed by atoms with E-state index in [2.05, 4.69) is 55.2 Å². The van der Waals surface area contributed by atoms with Gasteiger partial charge in [-0.2, -0.15) is 5.10 Å². The number of nitrogens with one attached hydrogen (secondary N) is 1. The van der Waals surface area contributed by atoms with E-state index in [-0.39, 0.29) is 17.9 Å². The van der Waals surface area contributed by atoms with Crippen LogP contribution in [0.2, 0.25) is 0 Å². The van der Waals surface area contributed by atoms with Gasteiger partial charge in [-0.25, -0.2) is 0 Å². The fraction of sp³-hybridized carbons (Fsp3) is 0.658. The number of ketones is 1. The second-order valence-electron chi connectivity index (χ2n) is 14.0. The summed E-state index contributed by atoms with van der Waals surface area (Å²) in [6.07, 6.45) is 22.1. The highest BCUT2D eigenvalue weighted by atomic mass is 16.5. The molecule has 240 valence electrons. The number of benzene rings is 1. The molecule has 5 unspecified atom stereocenters. The van der Waals surface area contributed by atoms with Gasteiger partial charge in [0.2, 0.25) is 0 Å². The molecule has 1 aromatic heterocycles. The highest BCUT2D eigenvalue weighted by Gasteiger charge is 2.26. The van der Waals surface area contributed by atoms with Crippen LogP contribution >= 0.6 is 0 Å². The van der Waals surface area contributed by atoms with Gasteiger partial charge in [-0.05, 0) is 99.7 Å². The van der Waals surface area contributed by atoms with E-state index < -0.39 is 0 Å². The number of nitrogens with zero attached hydrogens (tertiary/aromatic N) is 2. The van der Waals surface area contributed by atoms with Crippen LogP contribution in [0.4, 0.5) is 0 Å². The zero-order valence-corrected chi connectivity index (χ0v) is 27.7. The van der Waals surface area contributed by atoms with Crippen LogP contribution in [0, 0.1) is 36.5 Å². The lowest BCUT2D eigenvalue weighted by Gasteiger charge is -2.23. The molecule has 1 aromatic carbocycles. The van der Waals surface area contributed by atoms with Crippen LogP contribution in [0.25, 0.3) is 10.9 Å². The lowest BCUT2D eigenvalue weighted by Crippen LogP contribution is -2.34. The predicted octanol–water partition coefficient (Wildman–Crippen LogP) is 8.37. The Balaban J connectivity index is 1.14. The lowest BCUT2D eigenvalue weighted by molar-refractivity contribution is -0.119. The van der Waals surface area contributed by atoms with Gasteiger partial charge in [0, 0.05) is 48.3 Å². The molecule has 1 N–H and O–H groups in total. The predicted molar refractivity (Wildman–Crippen MR) is 179 cm³/mol. The molecule has 0 radical (unpaired) electrons. The number of aryl methyl sites for hydroxylation is 1. The SMILES string of the molecule is CCC(CNC(=O)c1ccc2nn(CC3CCCCC(C(=O)C4=CCC(C(C)CC)C=C4)CCC3)cc2c1C)OCC1CC1. The summed E-state index contributed by atoms with van der Waals surface area (Å²) in [6, 6.07) is 3.89. The van der Waals surface area contributed by atoms with Gasteiger partial charge in [0.15, 0.2) is 5.78 Å². The minimum Gasteiger partial charge on any atom is -0.376 e. The average Bonchev–Trinajstić information content (AvgIpc) is 3.75. The molecule has 3 aliphatic carbocycles. The summed E-state index contributed by atoms with van der Waals surface area (Å²) < 4.78 is 8.10. The van der Waals surface area contributed by atoms with Gasteiger partial charge in [0.05, 0.1) is 11.6 Å². The van der Waals surface area contributed by atoms with E-state index in [1.807, 2.05) is 19.1 Å². The number of allylic oxidation sites excluding steroid dienone is 4. The van der Waals surface area contributed by atoms with Gasteiger partial charge in [-0.3, -0.25) is 14.3 Å². The van der Waals surface area contributed by atoms with Crippen molar-refractivity contribution in [1.82, 2.24) is 15.1 Å². The molecule has 5 rings (SSSR count). The molecule has 6 heteroatoms. The van der Waals surface area contributed by atoms with E-state index in [9.17, 15) is 9.59 Å². The first-order valence-corrected chi connectivity index (χ1v) is 17.6. The zero-order chi connectivity index (χ0) is 31.1. The Labute approximate surface area is 265 Å². The van der Waals surface area contributed by atoms with E-state index >= 15 is 0 Å². The fourth-order valence-corrected chi connectivity index (χ4v) is 7.05. The number of ether oxygens (including phenoxy) is 1. The third kappa shape index (κ3) is 8.50. The van der Waals surface area contributed by atoms with Crippen LogP contribution in [-0.2, 0) is 16.1 Å². The monoisotopic (exact) mass is 601 g/mol. The first kappa shape index (κ1) is 32.7. The lowest BCUT2D eigenvalue weighted by atomic mass is 9.81. The number of carbonyl (C=O) groups excluding carboxylic acids is 2. The molecule has 0 bridgehead atoms. The fourth-order valence-electron chi connectivity index (χ4n) is 7.05. The Bertz CT molecular complexity index is 1340. The first-order valence-electron chi connectivity index (χ1n) is 17.6. The summed E-state index contributed by atoms with van der Waals surface area (Å²) in [6.45, 7) is 10.9. The van der Waals surface area contributed by atoms with Crippen molar-refractivity contribution in [2.24, 2.45) is 29.6 Å². The third-order valence-corrected chi connectivity index (χ3v) is 10.6. The van der Waals surface area contributed by atoms with Crippen LogP contribution in [0.5, 0.6) is 0 Å². The van der Waals surface area contributed by atoms with Gasteiger partial charge >= 0.3 is 0 Å². The molecule has 44 heavy (non-hydrogen) atoms. The van der Waals surface area contributed by atoms with E-state index in [1.165, 1.54) is 25.7 Å². The van der Waals surface area contributed by atoms with Crippen molar-refractivity contribution >= 4 is 22.6 Å².